The number of fused-ring (bicyclic) bond motifs is 2. The molecule has 3 aromatic rings. The number of H-pyrrole nitrogens is 1. The number of hydrogen-bond acceptors (Lipinski definition) is 8. The van der Waals surface area contributed by atoms with Gasteiger partial charge in [0.15, 0.2) is 5.82 Å². The second-order valence-corrected chi connectivity index (χ2v) is 9.82. The molecule has 10 heteroatoms. The lowest BCUT2D eigenvalue weighted by Crippen LogP contribution is -2.43. The van der Waals surface area contributed by atoms with Gasteiger partial charge in [0.25, 0.3) is 0 Å². The van der Waals surface area contributed by atoms with E-state index in [4.69, 9.17) is 25.5 Å². The summed E-state index contributed by atoms with van der Waals surface area (Å²) in [6.45, 7) is 7.95. The first-order valence-electron chi connectivity index (χ1n) is 12.6. The van der Waals surface area contributed by atoms with Crippen LogP contribution in [-0.4, -0.2) is 68.3 Å². The SMILES string of the molecule is Cc1nn(C2CCNCC2)c(C)c1-c1cc(N2CC3CCC(C2)O3)nc(/C(=C\N)c2ccn[nH]2)n1. The van der Waals surface area contributed by atoms with Gasteiger partial charge in [-0.3, -0.25) is 9.78 Å². The fourth-order valence-corrected chi connectivity index (χ4v) is 5.78. The van der Waals surface area contributed by atoms with E-state index in [2.05, 4.69) is 45.0 Å². The highest BCUT2D eigenvalue weighted by Crippen LogP contribution is 2.35. The van der Waals surface area contributed by atoms with E-state index in [-0.39, 0.29) is 12.2 Å². The van der Waals surface area contributed by atoms with Crippen molar-refractivity contribution in [3.05, 3.63) is 47.4 Å². The highest BCUT2D eigenvalue weighted by atomic mass is 16.5. The Morgan fingerprint density at radius 3 is 2.57 bits per heavy atom. The number of nitrogens with two attached hydrogens (primary N) is 1. The Morgan fingerprint density at radius 1 is 1.11 bits per heavy atom. The van der Waals surface area contributed by atoms with Gasteiger partial charge >= 0.3 is 0 Å². The Labute approximate surface area is 205 Å². The molecule has 184 valence electrons. The van der Waals surface area contributed by atoms with Gasteiger partial charge in [0.2, 0.25) is 0 Å². The van der Waals surface area contributed by atoms with Crippen molar-refractivity contribution in [2.24, 2.45) is 5.73 Å². The predicted molar refractivity (Wildman–Crippen MR) is 134 cm³/mol. The van der Waals surface area contributed by atoms with E-state index in [0.29, 0.717) is 11.9 Å². The Morgan fingerprint density at radius 2 is 1.89 bits per heavy atom. The number of aromatic amines is 1. The lowest BCUT2D eigenvalue weighted by molar-refractivity contribution is 0.0302. The van der Waals surface area contributed by atoms with Crippen molar-refractivity contribution < 1.29 is 4.74 Å². The number of aromatic nitrogens is 6. The van der Waals surface area contributed by atoms with Gasteiger partial charge in [-0.15, -0.1) is 0 Å². The number of aryl methyl sites for hydroxylation is 1. The normalized spacial score (nSPS) is 23.3. The van der Waals surface area contributed by atoms with Gasteiger partial charge < -0.3 is 20.7 Å². The smallest absolute Gasteiger partial charge is 0.165 e. The first-order chi connectivity index (χ1) is 17.1. The highest BCUT2D eigenvalue weighted by Gasteiger charge is 2.35. The number of rotatable bonds is 5. The van der Waals surface area contributed by atoms with Gasteiger partial charge in [0.05, 0.1) is 40.9 Å². The molecule has 0 spiro atoms. The second kappa shape index (κ2) is 9.09. The van der Waals surface area contributed by atoms with Crippen LogP contribution in [0.15, 0.2) is 24.5 Å². The molecule has 0 amide bonds. The van der Waals surface area contributed by atoms with E-state index in [0.717, 1.165) is 91.6 Å². The standard InChI is InChI=1S/C25H33N9O/c1-15-24(16(2)34(32-15)17-5-8-27-9-6-17)22-11-23(33-13-18-3-4-19(14-33)35-18)30-25(29-22)20(12-26)21-7-10-28-31-21/h7,10-12,17-19,27H,3-6,8-9,13-14,26H2,1-2H3,(H,28,31)/b20-12-. The zero-order chi connectivity index (χ0) is 23.9. The Hall–Kier alpha value is -3.24. The third-order valence-electron chi connectivity index (χ3n) is 7.51. The molecule has 10 nitrogen and oxygen atoms in total. The fourth-order valence-electron chi connectivity index (χ4n) is 5.78. The number of nitrogens with zero attached hydrogens (tertiary/aromatic N) is 6. The Balaban J connectivity index is 1.46. The molecule has 6 rings (SSSR count). The number of piperidine rings is 1. The predicted octanol–water partition coefficient (Wildman–Crippen LogP) is 2.32. The summed E-state index contributed by atoms with van der Waals surface area (Å²) >= 11 is 0. The van der Waals surface area contributed by atoms with Gasteiger partial charge in [-0.1, -0.05) is 0 Å². The molecular weight excluding hydrogens is 442 g/mol. The maximum atomic E-state index is 6.08. The molecule has 3 aliphatic rings. The summed E-state index contributed by atoms with van der Waals surface area (Å²) in [4.78, 5) is 12.4. The molecule has 6 heterocycles. The molecule has 0 aliphatic carbocycles. The summed E-state index contributed by atoms with van der Waals surface area (Å²) in [6.07, 6.45) is 8.16. The van der Waals surface area contributed by atoms with Crippen LogP contribution in [0.3, 0.4) is 0 Å². The van der Waals surface area contributed by atoms with Crippen LogP contribution >= 0.6 is 0 Å². The molecule has 0 aromatic carbocycles. The number of morpholine rings is 1. The molecule has 2 unspecified atom stereocenters. The molecule has 4 N–H and O–H groups in total. The topological polar surface area (TPSA) is 123 Å². The second-order valence-electron chi connectivity index (χ2n) is 9.82. The van der Waals surface area contributed by atoms with E-state index < -0.39 is 0 Å². The minimum Gasteiger partial charge on any atom is -0.404 e. The molecular formula is C25H33N9O. The summed E-state index contributed by atoms with van der Waals surface area (Å²) in [6, 6.07) is 4.40. The minimum atomic E-state index is 0.263. The van der Waals surface area contributed by atoms with Crippen molar-refractivity contribution in [1.29, 1.82) is 0 Å². The molecule has 3 aromatic heterocycles. The molecule has 3 fully saturated rings. The van der Waals surface area contributed by atoms with Gasteiger partial charge in [-0.2, -0.15) is 10.2 Å². The average molecular weight is 476 g/mol. The fraction of sp³-hybridized carbons (Fsp3) is 0.520. The molecule has 35 heavy (non-hydrogen) atoms. The van der Waals surface area contributed by atoms with Gasteiger partial charge in [0.1, 0.15) is 5.82 Å². The van der Waals surface area contributed by atoms with E-state index in [1.54, 1.807) is 12.4 Å². The monoisotopic (exact) mass is 475 g/mol. The lowest BCUT2D eigenvalue weighted by atomic mass is 10.1. The van der Waals surface area contributed by atoms with Crippen LogP contribution in [0.25, 0.3) is 16.8 Å². The third-order valence-corrected chi connectivity index (χ3v) is 7.51. The van der Waals surface area contributed by atoms with Crippen LogP contribution in [0, 0.1) is 13.8 Å². The number of hydrogen-bond donors (Lipinski definition) is 3. The van der Waals surface area contributed by atoms with Crippen LogP contribution in [-0.2, 0) is 4.74 Å². The number of anilines is 1. The van der Waals surface area contributed by atoms with Crippen molar-refractivity contribution in [3.63, 3.8) is 0 Å². The molecule has 2 bridgehead atoms. The summed E-state index contributed by atoms with van der Waals surface area (Å²) in [5.41, 5.74) is 11.7. The van der Waals surface area contributed by atoms with E-state index in [1.165, 1.54) is 0 Å². The zero-order valence-corrected chi connectivity index (χ0v) is 20.4. The third kappa shape index (κ3) is 4.10. The van der Waals surface area contributed by atoms with Crippen LogP contribution in [0.4, 0.5) is 5.82 Å². The number of nitrogens with one attached hydrogen (secondary N) is 2. The molecule has 0 saturated carbocycles. The molecule has 0 radical (unpaired) electrons. The lowest BCUT2D eigenvalue weighted by Gasteiger charge is -2.33. The summed E-state index contributed by atoms with van der Waals surface area (Å²) in [7, 11) is 0. The van der Waals surface area contributed by atoms with E-state index in [9.17, 15) is 0 Å². The van der Waals surface area contributed by atoms with Gasteiger partial charge in [-0.05, 0) is 58.7 Å². The van der Waals surface area contributed by atoms with Crippen molar-refractivity contribution in [2.75, 3.05) is 31.1 Å². The largest absolute Gasteiger partial charge is 0.404 e. The van der Waals surface area contributed by atoms with Crippen molar-refractivity contribution >= 4 is 11.4 Å². The summed E-state index contributed by atoms with van der Waals surface area (Å²) in [5.74, 6) is 1.48. The van der Waals surface area contributed by atoms with Crippen LogP contribution in [0.5, 0.6) is 0 Å². The minimum absolute atomic E-state index is 0.263. The van der Waals surface area contributed by atoms with Gasteiger partial charge in [-0.25, -0.2) is 9.97 Å². The number of ether oxygens (including phenoxy) is 1. The zero-order valence-electron chi connectivity index (χ0n) is 20.4. The average Bonchev–Trinajstić information content (AvgIpc) is 3.59. The highest BCUT2D eigenvalue weighted by molar-refractivity contribution is 5.77. The van der Waals surface area contributed by atoms with Crippen molar-refractivity contribution in [1.82, 2.24) is 35.3 Å². The molecule has 3 saturated heterocycles. The quantitative estimate of drug-likeness (QED) is 0.514. The maximum absolute atomic E-state index is 6.08. The first-order valence-corrected chi connectivity index (χ1v) is 12.6. The van der Waals surface area contributed by atoms with Gasteiger partial charge in [0, 0.05) is 42.8 Å². The Bertz CT molecular complexity index is 1210. The van der Waals surface area contributed by atoms with E-state index in [1.807, 2.05) is 6.07 Å². The van der Waals surface area contributed by atoms with Crippen LogP contribution in [0.2, 0.25) is 0 Å². The molecule has 2 atom stereocenters. The maximum Gasteiger partial charge on any atom is 0.165 e. The summed E-state index contributed by atoms with van der Waals surface area (Å²) in [5, 5.41) is 15.5. The van der Waals surface area contributed by atoms with Crippen LogP contribution < -0.4 is 16.0 Å². The summed E-state index contributed by atoms with van der Waals surface area (Å²) < 4.78 is 8.29. The van der Waals surface area contributed by atoms with Crippen LogP contribution in [0.1, 0.15) is 54.6 Å². The Kier molecular flexibility index (Phi) is 5.77. The van der Waals surface area contributed by atoms with Crippen molar-refractivity contribution in [3.8, 4) is 11.3 Å². The first kappa shape index (κ1) is 22.2. The van der Waals surface area contributed by atoms with E-state index >= 15 is 0 Å². The molecule has 3 aliphatic heterocycles. The van der Waals surface area contributed by atoms with Crippen molar-refractivity contribution in [2.45, 2.75) is 57.8 Å².